The van der Waals surface area contributed by atoms with Crippen molar-refractivity contribution in [2.75, 3.05) is 0 Å². The predicted molar refractivity (Wildman–Crippen MR) is 82.9 cm³/mol. The lowest BCUT2D eigenvalue weighted by atomic mass is 10.1. The van der Waals surface area contributed by atoms with E-state index in [2.05, 4.69) is 19.8 Å². The summed E-state index contributed by atoms with van der Waals surface area (Å²) < 4.78 is 41.9. The molecule has 0 bridgehead atoms. The number of aromatic nitrogens is 4. The van der Waals surface area contributed by atoms with Gasteiger partial charge in [0.05, 0.1) is 15.6 Å². The van der Waals surface area contributed by atoms with Gasteiger partial charge < -0.3 is 4.74 Å². The Morgan fingerprint density at radius 2 is 1.62 bits per heavy atom. The maximum Gasteiger partial charge on any atom is 0.573 e. The zero-order chi connectivity index (χ0) is 17.6. The van der Waals surface area contributed by atoms with Gasteiger partial charge in [0, 0.05) is 5.56 Å². The highest BCUT2D eigenvalue weighted by atomic mass is 35.5. The van der Waals surface area contributed by atoms with Crippen molar-refractivity contribution < 1.29 is 17.9 Å². The molecule has 0 unspecified atom stereocenters. The molecule has 0 spiro atoms. The van der Waals surface area contributed by atoms with E-state index >= 15 is 0 Å². The van der Waals surface area contributed by atoms with Crippen LogP contribution in [0.3, 0.4) is 0 Å². The fourth-order valence-electron chi connectivity index (χ4n) is 1.97. The summed E-state index contributed by atoms with van der Waals surface area (Å²) in [6.45, 7) is 0. The lowest BCUT2D eigenvalue weighted by Crippen LogP contribution is -2.17. The molecule has 0 radical (unpaired) electrons. The third-order valence-corrected chi connectivity index (χ3v) is 4.04. The molecule has 3 aromatic rings. The van der Waals surface area contributed by atoms with Gasteiger partial charge in [-0.1, -0.05) is 46.4 Å². The Balaban J connectivity index is 2.20. The third kappa shape index (κ3) is 3.19. The standard InChI is InChI=1S/C12H3Cl4F3N4O/c13-5-1-4(24-12(17,18)19)2-6(14)7(5)8-9(15)22-11-20-3-21-23(11)10(8)16/h1-3H. The summed E-state index contributed by atoms with van der Waals surface area (Å²) in [6, 6.07) is 1.88. The van der Waals surface area contributed by atoms with Crippen LogP contribution in [0.15, 0.2) is 18.5 Å². The molecule has 3 rings (SSSR count). The summed E-state index contributed by atoms with van der Waals surface area (Å²) in [5.74, 6) is -0.443. The van der Waals surface area contributed by atoms with Crippen LogP contribution in [0.5, 0.6) is 5.75 Å². The van der Waals surface area contributed by atoms with Gasteiger partial charge in [0.25, 0.3) is 5.78 Å². The average Bonchev–Trinajstić information content (AvgIpc) is 2.87. The number of hydrogen-bond donors (Lipinski definition) is 0. The van der Waals surface area contributed by atoms with Gasteiger partial charge >= 0.3 is 6.36 Å². The third-order valence-electron chi connectivity index (χ3n) is 2.83. The molecule has 0 amide bonds. The first-order valence-electron chi connectivity index (χ1n) is 5.97. The molecule has 0 fully saturated rings. The van der Waals surface area contributed by atoms with Gasteiger partial charge in [0.15, 0.2) is 0 Å². The van der Waals surface area contributed by atoms with E-state index in [0.717, 1.165) is 12.1 Å². The number of ether oxygens (including phenoxy) is 1. The first-order chi connectivity index (χ1) is 11.2. The SMILES string of the molecule is FC(F)(F)Oc1cc(Cl)c(-c2c(Cl)nc3ncnn3c2Cl)c(Cl)c1. The molecule has 1 aromatic carbocycles. The van der Waals surface area contributed by atoms with Gasteiger partial charge in [-0.3, -0.25) is 0 Å². The second kappa shape index (κ2) is 6.11. The van der Waals surface area contributed by atoms with Crippen LogP contribution in [0.2, 0.25) is 20.4 Å². The van der Waals surface area contributed by atoms with E-state index in [1.54, 1.807) is 0 Å². The summed E-state index contributed by atoms with van der Waals surface area (Å²) in [7, 11) is 0. The molecule has 24 heavy (non-hydrogen) atoms. The molecule has 0 saturated carbocycles. The summed E-state index contributed by atoms with van der Waals surface area (Å²) >= 11 is 24.4. The molecule has 2 heterocycles. The van der Waals surface area contributed by atoms with Gasteiger partial charge in [-0.05, 0) is 12.1 Å². The van der Waals surface area contributed by atoms with Crippen LogP contribution in [0, 0.1) is 0 Å². The van der Waals surface area contributed by atoms with Crippen LogP contribution in [-0.4, -0.2) is 25.9 Å². The van der Waals surface area contributed by atoms with Gasteiger partial charge in [-0.15, -0.1) is 13.2 Å². The largest absolute Gasteiger partial charge is 0.573 e. The Labute approximate surface area is 151 Å². The van der Waals surface area contributed by atoms with Crippen molar-refractivity contribution in [2.45, 2.75) is 6.36 Å². The number of fused-ring (bicyclic) bond motifs is 1. The molecule has 2 aromatic heterocycles. The normalized spacial score (nSPS) is 12.0. The van der Waals surface area contributed by atoms with E-state index in [1.807, 2.05) is 0 Å². The Morgan fingerprint density at radius 1 is 1.00 bits per heavy atom. The van der Waals surface area contributed by atoms with Crippen LogP contribution in [0.25, 0.3) is 16.9 Å². The number of hydrogen-bond acceptors (Lipinski definition) is 4. The molecule has 126 valence electrons. The van der Waals surface area contributed by atoms with E-state index in [-0.39, 0.29) is 37.3 Å². The highest BCUT2D eigenvalue weighted by molar-refractivity contribution is 6.43. The van der Waals surface area contributed by atoms with Crippen LogP contribution in [0.4, 0.5) is 13.2 Å². The van der Waals surface area contributed by atoms with Crippen molar-refractivity contribution in [1.82, 2.24) is 19.6 Å². The number of halogens is 7. The Kier molecular flexibility index (Phi) is 4.41. The summed E-state index contributed by atoms with van der Waals surface area (Å²) in [6.07, 6.45) is -3.68. The van der Waals surface area contributed by atoms with Gasteiger partial charge in [-0.25, -0.2) is 0 Å². The molecule has 0 saturated heterocycles. The first kappa shape index (κ1) is 17.3. The lowest BCUT2D eigenvalue weighted by Gasteiger charge is -2.14. The molecule has 0 N–H and O–H groups in total. The van der Waals surface area contributed by atoms with Crippen LogP contribution in [-0.2, 0) is 0 Å². The minimum Gasteiger partial charge on any atom is -0.406 e. The van der Waals surface area contributed by atoms with Crippen molar-refractivity contribution in [1.29, 1.82) is 0 Å². The molecule has 5 nitrogen and oxygen atoms in total. The van der Waals surface area contributed by atoms with Crippen molar-refractivity contribution in [3.8, 4) is 16.9 Å². The maximum absolute atomic E-state index is 12.3. The minimum absolute atomic E-state index is 0.00390. The van der Waals surface area contributed by atoms with E-state index in [0.29, 0.717) is 0 Å². The molecular formula is C12H3Cl4F3N4O. The second-order valence-corrected chi connectivity index (χ2v) is 5.88. The highest BCUT2D eigenvalue weighted by Crippen LogP contribution is 2.44. The molecule has 0 aliphatic heterocycles. The van der Waals surface area contributed by atoms with Crippen LogP contribution < -0.4 is 4.74 Å². The number of nitrogens with zero attached hydrogens (tertiary/aromatic N) is 4. The lowest BCUT2D eigenvalue weighted by molar-refractivity contribution is -0.274. The summed E-state index contributed by atoms with van der Waals surface area (Å²) in [5.41, 5.74) is 0.192. The molecular weight excluding hydrogens is 415 g/mol. The van der Waals surface area contributed by atoms with Gasteiger partial charge in [-0.2, -0.15) is 19.6 Å². The van der Waals surface area contributed by atoms with E-state index in [4.69, 9.17) is 46.4 Å². The molecule has 12 heteroatoms. The fourth-order valence-corrected chi connectivity index (χ4v) is 3.24. The number of rotatable bonds is 2. The molecule has 0 atom stereocenters. The molecule has 0 aliphatic carbocycles. The smallest absolute Gasteiger partial charge is 0.406 e. The Hall–Kier alpha value is -1.48. The number of alkyl halides is 3. The van der Waals surface area contributed by atoms with Gasteiger partial charge in [0.2, 0.25) is 0 Å². The van der Waals surface area contributed by atoms with Gasteiger partial charge in [0.1, 0.15) is 22.4 Å². The van der Waals surface area contributed by atoms with Crippen molar-refractivity contribution in [3.05, 3.63) is 38.8 Å². The highest BCUT2D eigenvalue weighted by Gasteiger charge is 2.32. The Morgan fingerprint density at radius 3 is 2.21 bits per heavy atom. The average molecular weight is 418 g/mol. The second-order valence-electron chi connectivity index (χ2n) is 4.35. The zero-order valence-electron chi connectivity index (χ0n) is 11.1. The van der Waals surface area contributed by atoms with Crippen LogP contribution in [0.1, 0.15) is 0 Å². The Bertz CT molecular complexity index is 921. The van der Waals surface area contributed by atoms with Crippen molar-refractivity contribution in [3.63, 3.8) is 0 Å². The van der Waals surface area contributed by atoms with E-state index in [1.165, 1.54) is 10.8 Å². The minimum atomic E-state index is -4.88. The first-order valence-corrected chi connectivity index (χ1v) is 7.48. The zero-order valence-corrected chi connectivity index (χ0v) is 14.1. The summed E-state index contributed by atoms with van der Waals surface area (Å²) in [4.78, 5) is 7.81. The number of benzene rings is 1. The van der Waals surface area contributed by atoms with Crippen molar-refractivity contribution in [2.24, 2.45) is 0 Å². The fraction of sp³-hybridized carbons (Fsp3) is 0.0833. The van der Waals surface area contributed by atoms with Crippen LogP contribution >= 0.6 is 46.4 Å². The van der Waals surface area contributed by atoms with E-state index < -0.39 is 12.1 Å². The predicted octanol–water partition coefficient (Wildman–Crippen LogP) is 5.30. The molecule has 0 aliphatic rings. The quantitative estimate of drug-likeness (QED) is 0.530. The summed E-state index contributed by atoms with van der Waals surface area (Å²) in [5, 5.41) is 3.45. The van der Waals surface area contributed by atoms with Crippen molar-refractivity contribution >= 4 is 52.2 Å². The topological polar surface area (TPSA) is 52.3 Å². The monoisotopic (exact) mass is 416 g/mol. The van der Waals surface area contributed by atoms with E-state index in [9.17, 15) is 13.2 Å². The maximum atomic E-state index is 12.3.